The molecule has 0 amide bonds. The van der Waals surface area contributed by atoms with E-state index in [-0.39, 0.29) is 0 Å². The molecule has 0 saturated carbocycles. The highest BCUT2D eigenvalue weighted by molar-refractivity contribution is 5.10. The lowest BCUT2D eigenvalue weighted by Gasteiger charge is -2.50. The normalized spacial score (nSPS) is 29.8. The Morgan fingerprint density at radius 3 is 2.64 bits per heavy atom. The summed E-state index contributed by atoms with van der Waals surface area (Å²) in [4.78, 5) is 2.43. The molecule has 1 spiro atoms. The SMILES string of the molecule is CC1=CCC2(CC1)CN(C)C2. The Balaban J connectivity index is 1.99. The van der Waals surface area contributed by atoms with Crippen molar-refractivity contribution in [1.82, 2.24) is 4.90 Å². The fraction of sp³-hybridized carbons (Fsp3) is 0.800. The molecule has 0 N–H and O–H groups in total. The Hall–Kier alpha value is -0.300. The van der Waals surface area contributed by atoms with Crippen LogP contribution in [-0.4, -0.2) is 25.0 Å². The topological polar surface area (TPSA) is 3.24 Å². The Kier molecular flexibility index (Phi) is 1.57. The van der Waals surface area contributed by atoms with Gasteiger partial charge in [0, 0.05) is 13.1 Å². The lowest BCUT2D eigenvalue weighted by molar-refractivity contribution is 0.0134. The fourth-order valence-electron chi connectivity index (χ4n) is 2.44. The Bertz CT molecular complexity index is 187. The molecule has 1 heteroatoms. The molecule has 1 fully saturated rings. The van der Waals surface area contributed by atoms with Gasteiger partial charge in [-0.05, 0) is 38.6 Å². The summed E-state index contributed by atoms with van der Waals surface area (Å²) < 4.78 is 0. The smallest absolute Gasteiger partial charge is 0.00505 e. The van der Waals surface area contributed by atoms with Crippen LogP contribution in [0.4, 0.5) is 0 Å². The first-order valence-electron chi connectivity index (χ1n) is 4.54. The molecule has 62 valence electrons. The largest absolute Gasteiger partial charge is 0.305 e. The van der Waals surface area contributed by atoms with E-state index < -0.39 is 0 Å². The Morgan fingerprint density at radius 2 is 2.18 bits per heavy atom. The van der Waals surface area contributed by atoms with Crippen LogP contribution in [0.2, 0.25) is 0 Å². The van der Waals surface area contributed by atoms with E-state index >= 15 is 0 Å². The van der Waals surface area contributed by atoms with Crippen LogP contribution in [-0.2, 0) is 0 Å². The summed E-state index contributed by atoms with van der Waals surface area (Å²) in [5, 5.41) is 0. The van der Waals surface area contributed by atoms with Crippen LogP contribution in [0.25, 0.3) is 0 Å². The van der Waals surface area contributed by atoms with Gasteiger partial charge in [0.2, 0.25) is 0 Å². The Morgan fingerprint density at radius 1 is 1.45 bits per heavy atom. The number of likely N-dealkylation sites (tertiary alicyclic amines) is 1. The van der Waals surface area contributed by atoms with Crippen LogP contribution in [0.1, 0.15) is 26.2 Å². The molecular weight excluding hydrogens is 134 g/mol. The summed E-state index contributed by atoms with van der Waals surface area (Å²) in [6.45, 7) is 4.92. The Labute approximate surface area is 69.1 Å². The van der Waals surface area contributed by atoms with Crippen molar-refractivity contribution >= 4 is 0 Å². The maximum atomic E-state index is 2.44. The molecule has 2 rings (SSSR count). The highest BCUT2D eigenvalue weighted by atomic mass is 15.2. The fourth-order valence-corrected chi connectivity index (χ4v) is 2.44. The molecule has 0 bridgehead atoms. The zero-order valence-corrected chi connectivity index (χ0v) is 7.56. The maximum absolute atomic E-state index is 2.44. The molecule has 1 aliphatic heterocycles. The van der Waals surface area contributed by atoms with E-state index in [0.717, 1.165) is 0 Å². The average Bonchev–Trinajstić information content (AvgIpc) is 1.92. The molecular formula is C10H17N. The molecule has 11 heavy (non-hydrogen) atoms. The van der Waals surface area contributed by atoms with Crippen molar-refractivity contribution in [3.05, 3.63) is 11.6 Å². The summed E-state index contributed by atoms with van der Waals surface area (Å²) in [7, 11) is 2.22. The lowest BCUT2D eigenvalue weighted by Crippen LogP contribution is -2.54. The van der Waals surface area contributed by atoms with Gasteiger partial charge in [0.05, 0.1) is 0 Å². The minimum atomic E-state index is 0.703. The summed E-state index contributed by atoms with van der Waals surface area (Å²) in [6, 6.07) is 0. The van der Waals surface area contributed by atoms with Crippen molar-refractivity contribution in [3.63, 3.8) is 0 Å². The summed E-state index contributed by atoms with van der Waals surface area (Å²) in [5.41, 5.74) is 2.30. The third kappa shape index (κ3) is 1.22. The van der Waals surface area contributed by atoms with Crippen LogP contribution in [0.15, 0.2) is 11.6 Å². The van der Waals surface area contributed by atoms with Gasteiger partial charge >= 0.3 is 0 Å². The second-order valence-corrected chi connectivity index (χ2v) is 4.43. The van der Waals surface area contributed by atoms with Gasteiger partial charge in [-0.1, -0.05) is 11.6 Å². The standard InChI is InChI=1S/C10H17N/c1-9-3-5-10(6-4-9)7-11(2)8-10/h3H,4-8H2,1-2H3. The summed E-state index contributed by atoms with van der Waals surface area (Å²) in [6.07, 6.45) is 6.55. The van der Waals surface area contributed by atoms with Gasteiger partial charge in [0.25, 0.3) is 0 Å². The number of hydrogen-bond acceptors (Lipinski definition) is 1. The quantitative estimate of drug-likeness (QED) is 0.479. The van der Waals surface area contributed by atoms with E-state index in [2.05, 4.69) is 24.9 Å². The van der Waals surface area contributed by atoms with E-state index in [1.807, 2.05) is 0 Å². The van der Waals surface area contributed by atoms with Crippen molar-refractivity contribution in [3.8, 4) is 0 Å². The van der Waals surface area contributed by atoms with E-state index in [9.17, 15) is 0 Å². The van der Waals surface area contributed by atoms with Gasteiger partial charge in [0.15, 0.2) is 0 Å². The predicted molar refractivity (Wildman–Crippen MR) is 47.5 cm³/mol. The van der Waals surface area contributed by atoms with Crippen molar-refractivity contribution < 1.29 is 0 Å². The van der Waals surface area contributed by atoms with Gasteiger partial charge in [0.1, 0.15) is 0 Å². The second kappa shape index (κ2) is 2.34. The van der Waals surface area contributed by atoms with Crippen LogP contribution < -0.4 is 0 Å². The highest BCUT2D eigenvalue weighted by Crippen LogP contribution is 2.41. The lowest BCUT2D eigenvalue weighted by atomic mass is 9.70. The minimum absolute atomic E-state index is 0.703. The number of hydrogen-bond donors (Lipinski definition) is 0. The molecule has 0 aromatic carbocycles. The molecule has 1 saturated heterocycles. The molecule has 0 unspecified atom stereocenters. The maximum Gasteiger partial charge on any atom is 0.00505 e. The van der Waals surface area contributed by atoms with Crippen molar-refractivity contribution in [2.24, 2.45) is 5.41 Å². The van der Waals surface area contributed by atoms with E-state index in [4.69, 9.17) is 0 Å². The molecule has 0 radical (unpaired) electrons. The van der Waals surface area contributed by atoms with Crippen molar-refractivity contribution in [2.75, 3.05) is 20.1 Å². The van der Waals surface area contributed by atoms with Crippen LogP contribution in [0.5, 0.6) is 0 Å². The van der Waals surface area contributed by atoms with Gasteiger partial charge in [-0.15, -0.1) is 0 Å². The number of rotatable bonds is 0. The molecule has 1 heterocycles. The molecule has 1 nitrogen and oxygen atoms in total. The van der Waals surface area contributed by atoms with Crippen molar-refractivity contribution in [2.45, 2.75) is 26.2 Å². The first-order chi connectivity index (χ1) is 5.20. The van der Waals surface area contributed by atoms with Gasteiger partial charge in [-0.3, -0.25) is 0 Å². The van der Waals surface area contributed by atoms with Gasteiger partial charge in [-0.25, -0.2) is 0 Å². The van der Waals surface area contributed by atoms with Crippen LogP contribution in [0, 0.1) is 5.41 Å². The predicted octanol–water partition coefficient (Wildman–Crippen LogP) is 2.05. The summed E-state index contributed by atoms with van der Waals surface area (Å²) >= 11 is 0. The van der Waals surface area contributed by atoms with Crippen LogP contribution >= 0.6 is 0 Å². The van der Waals surface area contributed by atoms with Crippen molar-refractivity contribution in [1.29, 1.82) is 0 Å². The molecule has 0 atom stereocenters. The number of nitrogens with zero attached hydrogens (tertiary/aromatic N) is 1. The van der Waals surface area contributed by atoms with E-state index in [1.165, 1.54) is 32.4 Å². The molecule has 2 aliphatic rings. The van der Waals surface area contributed by atoms with Gasteiger partial charge in [-0.2, -0.15) is 0 Å². The van der Waals surface area contributed by atoms with E-state index in [1.54, 1.807) is 5.57 Å². The molecule has 0 aromatic heterocycles. The average molecular weight is 151 g/mol. The first kappa shape index (κ1) is 7.35. The zero-order chi connectivity index (χ0) is 7.90. The monoisotopic (exact) mass is 151 g/mol. The third-order valence-corrected chi connectivity index (χ3v) is 3.14. The second-order valence-electron chi connectivity index (χ2n) is 4.43. The number of allylic oxidation sites excluding steroid dienone is 2. The van der Waals surface area contributed by atoms with E-state index in [0.29, 0.717) is 5.41 Å². The third-order valence-electron chi connectivity index (χ3n) is 3.14. The van der Waals surface area contributed by atoms with Crippen LogP contribution in [0.3, 0.4) is 0 Å². The first-order valence-corrected chi connectivity index (χ1v) is 4.54. The van der Waals surface area contributed by atoms with Gasteiger partial charge < -0.3 is 4.90 Å². The summed E-state index contributed by atoms with van der Waals surface area (Å²) in [5.74, 6) is 0. The minimum Gasteiger partial charge on any atom is -0.305 e. The zero-order valence-electron chi connectivity index (χ0n) is 7.56. The highest BCUT2D eigenvalue weighted by Gasteiger charge is 2.40. The molecule has 0 aromatic rings. The molecule has 1 aliphatic carbocycles.